The van der Waals surface area contributed by atoms with Crippen molar-refractivity contribution in [1.29, 1.82) is 0 Å². The molecule has 216 valence electrons. The van der Waals surface area contributed by atoms with E-state index in [1.54, 1.807) is 30.4 Å². The molecule has 8 nitrogen and oxygen atoms in total. The van der Waals surface area contributed by atoms with Gasteiger partial charge in [-0.15, -0.1) is 0 Å². The molecule has 0 fully saturated rings. The van der Waals surface area contributed by atoms with Crippen LogP contribution in [0.4, 0.5) is 30.9 Å². The third-order valence-corrected chi connectivity index (χ3v) is 6.60. The first-order valence-electron chi connectivity index (χ1n) is 12.2. The topological polar surface area (TPSA) is 96.2 Å². The number of fused-ring (bicyclic) bond motifs is 2. The molecule has 0 saturated heterocycles. The van der Waals surface area contributed by atoms with Gasteiger partial charge in [0.2, 0.25) is 5.91 Å². The van der Waals surface area contributed by atoms with Gasteiger partial charge < -0.3 is 14.8 Å². The summed E-state index contributed by atoms with van der Waals surface area (Å²) < 4.78 is 61.0. The number of imidazole rings is 1. The fourth-order valence-electron chi connectivity index (χ4n) is 4.68. The maximum absolute atomic E-state index is 13.5. The molecule has 2 aliphatic heterocycles. The summed E-state index contributed by atoms with van der Waals surface area (Å²) in [5.41, 5.74) is 7.48. The Bertz CT molecular complexity index is 1450. The Balaban J connectivity index is 0.000000470. The summed E-state index contributed by atoms with van der Waals surface area (Å²) in [6.07, 6.45) is 7.56. The second-order valence-corrected chi connectivity index (χ2v) is 11.5. The summed E-state index contributed by atoms with van der Waals surface area (Å²) in [4.78, 5) is 32.7. The number of benzene rings is 2. The summed E-state index contributed by atoms with van der Waals surface area (Å²) in [5, 5.41) is 7.30. The molecule has 2 atom stereocenters. The first-order valence-corrected chi connectivity index (χ1v) is 14.2. The van der Waals surface area contributed by atoms with Gasteiger partial charge in [-0.2, -0.15) is 5.43 Å². The van der Waals surface area contributed by atoms with Crippen LogP contribution in [0.15, 0.2) is 60.2 Å². The third-order valence-electron chi connectivity index (χ3n) is 6.60. The number of aryl methyl sites for hydroxylation is 1. The van der Waals surface area contributed by atoms with E-state index in [9.17, 15) is 34.8 Å². The van der Waals surface area contributed by atoms with Crippen LogP contribution in [-0.2, 0) is 17.8 Å². The van der Waals surface area contributed by atoms with Gasteiger partial charge in [0, 0.05) is 31.5 Å². The predicted octanol–water partition coefficient (Wildman–Crippen LogP) is 5.06. The van der Waals surface area contributed by atoms with Crippen molar-refractivity contribution in [3.8, 4) is 0 Å². The average molecular weight is 588 g/mol. The number of carbonyl (C=O) groups is 2. The first-order chi connectivity index (χ1) is 18.5. The Labute approximate surface area is 225 Å². The number of hydrogen-bond acceptors (Lipinski definition) is 4. The van der Waals surface area contributed by atoms with E-state index in [2.05, 4.69) is 27.5 Å². The standard InChI is InChI=1S/C25H26N6O2.F6P/c1-16-7-8-22-21(13-28-29-22)23(16)24(32)27-12-20-11-18-5-3-4-6-19(18)14-31(20)25(33)17(2)30-10-9-26-15-30;1-7(2,3,4,5)6/h3-10,13,15,17,20H,11-12,14H2,1-2H3,(H,27,32)(H,28,29);/q;-1/p+1. The molecular formula is C25H27F6N6O2P. The van der Waals surface area contributed by atoms with Crippen molar-refractivity contribution in [1.82, 2.24) is 19.8 Å². The van der Waals surface area contributed by atoms with Crippen LogP contribution in [-0.4, -0.2) is 45.1 Å². The molecule has 40 heavy (non-hydrogen) atoms. The van der Waals surface area contributed by atoms with E-state index in [4.69, 9.17) is 0 Å². The summed E-state index contributed by atoms with van der Waals surface area (Å²) >= 11 is 0. The number of carbonyl (C=O) groups excluding carboxylic acids is 2. The second kappa shape index (κ2) is 10.0. The van der Waals surface area contributed by atoms with Crippen LogP contribution in [0.3, 0.4) is 0 Å². The summed E-state index contributed by atoms with van der Waals surface area (Å²) in [6, 6.07) is 11.6. The number of nitrogens with one attached hydrogen (secondary N) is 1. The van der Waals surface area contributed by atoms with Crippen molar-refractivity contribution in [3.05, 3.63) is 82.9 Å². The van der Waals surface area contributed by atoms with E-state index in [0.717, 1.165) is 22.4 Å². The van der Waals surface area contributed by atoms with Gasteiger partial charge in [-0.1, -0.05) is 35.4 Å². The van der Waals surface area contributed by atoms with Crippen LogP contribution < -0.4 is 10.7 Å². The zero-order chi connectivity index (χ0) is 29.4. The molecule has 2 unspecified atom stereocenters. The van der Waals surface area contributed by atoms with E-state index < -0.39 is 7.81 Å². The third kappa shape index (κ3) is 7.66. The molecule has 3 N–H and O–H groups in total. The Morgan fingerprint density at radius 3 is 2.42 bits per heavy atom. The van der Waals surface area contributed by atoms with Crippen molar-refractivity contribution in [2.24, 2.45) is 5.10 Å². The monoisotopic (exact) mass is 588 g/mol. The normalized spacial score (nSPS) is 18.4. The van der Waals surface area contributed by atoms with E-state index in [-0.39, 0.29) is 23.9 Å². The molecule has 15 heteroatoms. The molecule has 0 spiro atoms. The fraction of sp³-hybridized carbons (Fsp3) is 0.280. The molecular weight excluding hydrogens is 561 g/mol. The summed E-state index contributed by atoms with van der Waals surface area (Å²) in [6.45, 7) is 4.71. The van der Waals surface area contributed by atoms with Crippen LogP contribution in [0.5, 0.6) is 0 Å². The minimum absolute atomic E-state index is 0.0141. The van der Waals surface area contributed by atoms with Gasteiger partial charge in [-0.25, -0.2) is 4.98 Å². The number of quaternary nitrogens is 1. The van der Waals surface area contributed by atoms with Gasteiger partial charge in [0.05, 0.1) is 29.7 Å². The summed E-state index contributed by atoms with van der Waals surface area (Å²) in [5.74, 6) is -0.125. The maximum atomic E-state index is 13.5. The molecule has 5 rings (SSSR count). The van der Waals surface area contributed by atoms with E-state index in [1.807, 2.05) is 47.6 Å². The van der Waals surface area contributed by atoms with Crippen LogP contribution in [0, 0.1) is 6.92 Å². The summed E-state index contributed by atoms with van der Waals surface area (Å²) in [7, 11) is -10.7. The van der Waals surface area contributed by atoms with Crippen molar-refractivity contribution < 1.29 is 40.2 Å². The number of nitrogens with zero attached hydrogens (tertiary/aromatic N) is 4. The number of amides is 2. The Hall–Kier alpha value is -3.77. The molecule has 0 radical (unpaired) electrons. The number of hydrogen-bond donors (Lipinski definition) is 2. The number of halogens is 6. The van der Waals surface area contributed by atoms with Crippen LogP contribution >= 0.6 is 7.81 Å². The van der Waals surface area contributed by atoms with Gasteiger partial charge >= 0.3 is 33.0 Å². The van der Waals surface area contributed by atoms with E-state index in [0.29, 0.717) is 25.1 Å². The molecule has 0 aliphatic carbocycles. The van der Waals surface area contributed by atoms with Crippen molar-refractivity contribution in [3.63, 3.8) is 0 Å². The van der Waals surface area contributed by atoms with Crippen molar-refractivity contribution in [2.75, 3.05) is 6.54 Å². The van der Waals surface area contributed by atoms with Crippen molar-refractivity contribution >= 4 is 31.5 Å². The van der Waals surface area contributed by atoms with Gasteiger partial charge in [0.25, 0.3) is 5.91 Å². The minimum atomic E-state index is -10.7. The number of aromatic nitrogens is 2. The molecule has 0 saturated carbocycles. The SMILES string of the molecule is Cc1ccc2c(c1C(=O)NCC1Cc3ccccc3CN1C(=O)C(C)n1ccnc1)C=N[NH2+]2.F[P-](F)(F)(F)(F)F. The Morgan fingerprint density at radius 2 is 1.77 bits per heavy atom. The molecule has 2 aliphatic rings. The van der Waals surface area contributed by atoms with E-state index in [1.165, 1.54) is 5.56 Å². The first kappa shape index (κ1) is 29.2. The number of rotatable bonds is 5. The van der Waals surface area contributed by atoms with Crippen molar-refractivity contribution in [2.45, 2.75) is 38.9 Å². The van der Waals surface area contributed by atoms with Gasteiger partial charge in [-0.3, -0.25) is 9.59 Å². The zero-order valence-electron chi connectivity index (χ0n) is 21.4. The number of nitrogens with two attached hydrogens (primary N) is 1. The van der Waals surface area contributed by atoms with Crippen LogP contribution in [0.1, 0.15) is 45.6 Å². The van der Waals surface area contributed by atoms with Crippen LogP contribution in [0.2, 0.25) is 0 Å². The quantitative estimate of drug-likeness (QED) is 0.189. The van der Waals surface area contributed by atoms with Gasteiger partial charge in [-0.05, 0) is 37.0 Å². The molecule has 2 amide bonds. The van der Waals surface area contributed by atoms with Gasteiger partial charge in [0.15, 0.2) is 5.69 Å². The van der Waals surface area contributed by atoms with Crippen LogP contribution in [0.25, 0.3) is 0 Å². The average Bonchev–Trinajstić information content (AvgIpc) is 3.56. The predicted molar refractivity (Wildman–Crippen MR) is 138 cm³/mol. The second-order valence-electron chi connectivity index (χ2n) is 9.61. The van der Waals surface area contributed by atoms with Gasteiger partial charge in [0.1, 0.15) is 6.04 Å². The molecule has 2 aromatic carbocycles. The Morgan fingerprint density at radius 1 is 1.10 bits per heavy atom. The molecule has 3 heterocycles. The molecule has 1 aromatic heterocycles. The van der Waals surface area contributed by atoms with E-state index >= 15 is 0 Å². The molecule has 0 bridgehead atoms. The fourth-order valence-corrected chi connectivity index (χ4v) is 4.68. The zero-order valence-corrected chi connectivity index (χ0v) is 22.3. The Kier molecular flexibility index (Phi) is 7.31. The molecule has 3 aromatic rings.